The molecular formula is C22H26ClN3O4S. The first-order valence-electron chi connectivity index (χ1n) is 10.2. The number of aromatic nitrogens is 1. The fourth-order valence-corrected chi connectivity index (χ4v) is 4.71. The van der Waals surface area contributed by atoms with E-state index in [4.69, 9.17) is 16.3 Å². The molecular weight excluding hydrogens is 438 g/mol. The van der Waals surface area contributed by atoms with Gasteiger partial charge in [0.05, 0.1) is 24.8 Å². The normalized spacial score (nSPS) is 16.1. The Kier molecular flexibility index (Phi) is 7.67. The molecule has 1 aromatic heterocycles. The number of likely N-dealkylation sites (tertiary alicyclic amines) is 1. The van der Waals surface area contributed by atoms with Gasteiger partial charge in [0.15, 0.2) is 0 Å². The van der Waals surface area contributed by atoms with E-state index in [1.807, 2.05) is 12.1 Å². The van der Waals surface area contributed by atoms with Crippen molar-refractivity contribution in [3.05, 3.63) is 39.9 Å². The SMILES string of the molecule is CCOC(=O)C1CCCN(C(=O)CN(C)C(=O)c2sc(-c3ccc(Cl)cc3)nc2C)C1. The van der Waals surface area contributed by atoms with Crippen LogP contribution in [0.25, 0.3) is 10.6 Å². The van der Waals surface area contributed by atoms with Gasteiger partial charge >= 0.3 is 5.97 Å². The molecule has 1 unspecified atom stereocenters. The number of amides is 2. The zero-order chi connectivity index (χ0) is 22.5. The summed E-state index contributed by atoms with van der Waals surface area (Å²) in [5.41, 5.74) is 1.51. The van der Waals surface area contributed by atoms with Gasteiger partial charge in [-0.3, -0.25) is 14.4 Å². The maximum absolute atomic E-state index is 13.0. The molecule has 2 amide bonds. The van der Waals surface area contributed by atoms with E-state index in [9.17, 15) is 14.4 Å². The van der Waals surface area contributed by atoms with E-state index < -0.39 is 0 Å². The van der Waals surface area contributed by atoms with Gasteiger partial charge in [0.2, 0.25) is 5.91 Å². The molecule has 1 atom stereocenters. The van der Waals surface area contributed by atoms with Crippen molar-refractivity contribution in [2.75, 3.05) is 33.3 Å². The van der Waals surface area contributed by atoms with Crippen LogP contribution in [0.1, 0.15) is 35.1 Å². The number of rotatable bonds is 6. The predicted octanol–water partition coefficient (Wildman–Crippen LogP) is 3.65. The first-order valence-corrected chi connectivity index (χ1v) is 11.4. The first-order chi connectivity index (χ1) is 14.8. The Labute approximate surface area is 191 Å². The van der Waals surface area contributed by atoms with Gasteiger partial charge in [-0.2, -0.15) is 0 Å². The Morgan fingerprint density at radius 3 is 2.68 bits per heavy atom. The number of carbonyl (C=O) groups is 3. The second kappa shape index (κ2) is 10.2. The Morgan fingerprint density at radius 1 is 1.29 bits per heavy atom. The largest absolute Gasteiger partial charge is 0.466 e. The number of ether oxygens (including phenoxy) is 1. The lowest BCUT2D eigenvalue weighted by Gasteiger charge is -2.32. The maximum Gasteiger partial charge on any atom is 0.310 e. The fourth-order valence-electron chi connectivity index (χ4n) is 3.51. The third-order valence-electron chi connectivity index (χ3n) is 5.20. The number of likely N-dealkylation sites (N-methyl/N-ethyl adjacent to an activating group) is 1. The third-order valence-corrected chi connectivity index (χ3v) is 6.64. The number of halogens is 1. The molecule has 0 spiro atoms. The van der Waals surface area contributed by atoms with Crippen molar-refractivity contribution < 1.29 is 19.1 Å². The second-order valence-corrected chi connectivity index (χ2v) is 8.97. The second-order valence-electron chi connectivity index (χ2n) is 7.53. The number of carbonyl (C=O) groups excluding carboxylic acids is 3. The molecule has 166 valence electrons. The van der Waals surface area contributed by atoms with Crippen molar-refractivity contribution >= 4 is 40.7 Å². The number of aryl methyl sites for hydroxylation is 1. The molecule has 1 aromatic carbocycles. The van der Waals surface area contributed by atoms with Crippen LogP contribution in [0.15, 0.2) is 24.3 Å². The molecule has 7 nitrogen and oxygen atoms in total. The van der Waals surface area contributed by atoms with Crippen LogP contribution in [0.3, 0.4) is 0 Å². The van der Waals surface area contributed by atoms with E-state index in [-0.39, 0.29) is 30.2 Å². The summed E-state index contributed by atoms with van der Waals surface area (Å²) in [6.45, 7) is 4.74. The monoisotopic (exact) mass is 463 g/mol. The average molecular weight is 464 g/mol. The number of hydrogen-bond donors (Lipinski definition) is 0. The predicted molar refractivity (Wildman–Crippen MR) is 120 cm³/mol. The van der Waals surface area contributed by atoms with Crippen LogP contribution in [-0.2, 0) is 14.3 Å². The van der Waals surface area contributed by atoms with Crippen LogP contribution in [0, 0.1) is 12.8 Å². The Hall–Kier alpha value is -2.45. The van der Waals surface area contributed by atoms with Crippen LogP contribution < -0.4 is 0 Å². The minimum Gasteiger partial charge on any atom is -0.466 e. The van der Waals surface area contributed by atoms with Crippen molar-refractivity contribution in [1.82, 2.24) is 14.8 Å². The van der Waals surface area contributed by atoms with Crippen LogP contribution >= 0.6 is 22.9 Å². The van der Waals surface area contributed by atoms with Crippen molar-refractivity contribution in [2.24, 2.45) is 5.92 Å². The summed E-state index contributed by atoms with van der Waals surface area (Å²) in [4.78, 5) is 45.8. The van der Waals surface area contributed by atoms with Crippen molar-refractivity contribution in [3.8, 4) is 10.6 Å². The van der Waals surface area contributed by atoms with Crippen molar-refractivity contribution in [2.45, 2.75) is 26.7 Å². The van der Waals surface area contributed by atoms with Gasteiger partial charge in [-0.05, 0) is 38.8 Å². The Balaban J connectivity index is 1.64. The van der Waals surface area contributed by atoms with Crippen LogP contribution in [0.5, 0.6) is 0 Å². The molecule has 9 heteroatoms. The molecule has 0 saturated carbocycles. The van der Waals surface area contributed by atoms with Gasteiger partial charge in [-0.15, -0.1) is 11.3 Å². The van der Waals surface area contributed by atoms with E-state index in [1.165, 1.54) is 16.2 Å². The number of hydrogen-bond acceptors (Lipinski definition) is 6. The lowest BCUT2D eigenvalue weighted by molar-refractivity contribution is -0.151. The molecule has 0 bridgehead atoms. The molecule has 31 heavy (non-hydrogen) atoms. The van der Waals surface area contributed by atoms with Crippen molar-refractivity contribution in [3.63, 3.8) is 0 Å². The standard InChI is InChI=1S/C22H26ClN3O4S/c1-4-30-22(29)16-6-5-11-26(12-16)18(27)13-25(3)21(28)19-14(2)24-20(31-19)15-7-9-17(23)10-8-15/h7-10,16H,4-6,11-13H2,1-3H3. The van der Waals surface area contributed by atoms with Crippen LogP contribution in [-0.4, -0.2) is 65.9 Å². The Bertz CT molecular complexity index is 960. The topological polar surface area (TPSA) is 79.8 Å². The summed E-state index contributed by atoms with van der Waals surface area (Å²) in [6, 6.07) is 7.28. The summed E-state index contributed by atoms with van der Waals surface area (Å²) in [5.74, 6) is -0.990. The minimum atomic E-state index is -0.302. The number of benzene rings is 1. The van der Waals surface area contributed by atoms with E-state index in [0.717, 1.165) is 17.0 Å². The minimum absolute atomic E-state index is 0.0536. The molecule has 1 saturated heterocycles. The highest BCUT2D eigenvalue weighted by molar-refractivity contribution is 7.17. The third kappa shape index (κ3) is 5.62. The maximum atomic E-state index is 13.0. The summed E-state index contributed by atoms with van der Waals surface area (Å²) in [7, 11) is 1.61. The average Bonchev–Trinajstić information content (AvgIpc) is 3.15. The van der Waals surface area contributed by atoms with E-state index in [1.54, 1.807) is 37.9 Å². The lowest BCUT2D eigenvalue weighted by atomic mass is 9.98. The van der Waals surface area contributed by atoms with Crippen LogP contribution in [0.2, 0.25) is 5.02 Å². The zero-order valence-electron chi connectivity index (χ0n) is 17.9. The molecule has 3 rings (SSSR count). The quantitative estimate of drug-likeness (QED) is 0.611. The Morgan fingerprint density at radius 2 is 2.00 bits per heavy atom. The molecule has 2 heterocycles. The summed E-state index contributed by atoms with van der Waals surface area (Å²) in [5, 5.41) is 1.36. The molecule has 0 aliphatic carbocycles. The fraction of sp³-hybridized carbons (Fsp3) is 0.455. The smallest absolute Gasteiger partial charge is 0.310 e. The molecule has 0 N–H and O–H groups in total. The molecule has 1 aliphatic rings. The van der Waals surface area contributed by atoms with Gasteiger partial charge < -0.3 is 14.5 Å². The highest BCUT2D eigenvalue weighted by Gasteiger charge is 2.30. The number of esters is 1. The molecule has 0 radical (unpaired) electrons. The van der Waals surface area contributed by atoms with Crippen LogP contribution in [0.4, 0.5) is 0 Å². The van der Waals surface area contributed by atoms with Gasteiger partial charge in [-0.25, -0.2) is 4.98 Å². The summed E-state index contributed by atoms with van der Waals surface area (Å²) < 4.78 is 5.09. The number of thiazole rings is 1. The highest BCUT2D eigenvalue weighted by atomic mass is 35.5. The van der Waals surface area contributed by atoms with E-state index >= 15 is 0 Å². The van der Waals surface area contributed by atoms with Gasteiger partial charge in [0.25, 0.3) is 5.91 Å². The summed E-state index contributed by atoms with van der Waals surface area (Å²) >= 11 is 7.24. The molecule has 1 aliphatic heterocycles. The van der Waals surface area contributed by atoms with E-state index in [0.29, 0.717) is 41.7 Å². The first kappa shape index (κ1) is 23.2. The van der Waals surface area contributed by atoms with E-state index in [2.05, 4.69) is 4.98 Å². The molecule has 2 aromatic rings. The summed E-state index contributed by atoms with van der Waals surface area (Å²) in [6.07, 6.45) is 1.45. The van der Waals surface area contributed by atoms with Gasteiger partial charge in [0, 0.05) is 30.7 Å². The number of nitrogens with zero attached hydrogens (tertiary/aromatic N) is 3. The molecule has 1 fully saturated rings. The van der Waals surface area contributed by atoms with Crippen molar-refractivity contribution in [1.29, 1.82) is 0 Å². The number of piperidine rings is 1. The highest BCUT2D eigenvalue weighted by Crippen LogP contribution is 2.29. The van der Waals surface area contributed by atoms with Gasteiger partial charge in [-0.1, -0.05) is 23.7 Å². The van der Waals surface area contributed by atoms with Gasteiger partial charge in [0.1, 0.15) is 9.88 Å². The zero-order valence-corrected chi connectivity index (χ0v) is 19.5. The lowest BCUT2D eigenvalue weighted by Crippen LogP contribution is -2.47.